The fourth-order valence-electron chi connectivity index (χ4n) is 5.60. The van der Waals surface area contributed by atoms with Crippen molar-refractivity contribution in [1.29, 1.82) is 0 Å². The third-order valence-corrected chi connectivity index (χ3v) is 10.5. The van der Waals surface area contributed by atoms with Gasteiger partial charge in [-0.25, -0.2) is 14.8 Å². The number of aliphatic hydroxyl groups excluding tert-OH is 1. The van der Waals surface area contributed by atoms with Gasteiger partial charge in [0, 0.05) is 33.3 Å². The minimum absolute atomic E-state index is 0.240. The van der Waals surface area contributed by atoms with E-state index in [9.17, 15) is 9.90 Å². The number of nitrogens with one attached hydrogen (secondary N) is 2. The number of anilines is 1. The summed E-state index contributed by atoms with van der Waals surface area (Å²) in [6.07, 6.45) is 5.32. The first kappa shape index (κ1) is 34.2. The molecular weight excluding hydrogens is 648 g/mol. The molecule has 4 aromatic rings. The van der Waals surface area contributed by atoms with Crippen molar-refractivity contribution in [2.45, 2.75) is 70.2 Å². The molecule has 1 saturated heterocycles. The lowest BCUT2D eigenvalue weighted by Gasteiger charge is -2.19. The first-order valence-electron chi connectivity index (χ1n) is 16.7. The summed E-state index contributed by atoms with van der Waals surface area (Å²) < 4.78 is 20.4. The summed E-state index contributed by atoms with van der Waals surface area (Å²) in [7, 11) is -1.27. The summed E-state index contributed by atoms with van der Waals surface area (Å²) in [5.74, 6) is 1.54. The average Bonchev–Trinajstić information content (AvgIpc) is 3.55. The molecule has 256 valence electrons. The fourth-order valence-corrected chi connectivity index (χ4v) is 6.57. The third kappa shape index (κ3) is 9.26. The van der Waals surface area contributed by atoms with Crippen molar-refractivity contribution >= 4 is 42.4 Å². The van der Waals surface area contributed by atoms with Gasteiger partial charge >= 0.3 is 6.03 Å². The first-order valence-corrected chi connectivity index (χ1v) is 20.8. The molecule has 13 heteroatoms. The Hall–Kier alpha value is -3.68. The number of nitrogens with zero attached hydrogens (tertiary/aromatic N) is 4. The molecule has 0 spiro atoms. The number of halogens is 1. The molecule has 2 fully saturated rings. The number of rotatable bonds is 15. The molecule has 2 aromatic carbocycles. The predicted molar refractivity (Wildman–Crippen MR) is 191 cm³/mol. The lowest BCUT2D eigenvalue weighted by molar-refractivity contribution is 0.0758. The van der Waals surface area contributed by atoms with Crippen LogP contribution in [0.5, 0.6) is 17.4 Å². The number of amides is 2. The van der Waals surface area contributed by atoms with Crippen LogP contribution in [0.25, 0.3) is 22.3 Å². The van der Waals surface area contributed by atoms with E-state index in [1.165, 1.54) is 19.2 Å². The van der Waals surface area contributed by atoms with Crippen molar-refractivity contribution < 1.29 is 24.1 Å². The number of aliphatic hydroxyl groups is 1. The minimum Gasteiger partial charge on any atom is -0.491 e. The van der Waals surface area contributed by atoms with Crippen LogP contribution in [0.3, 0.4) is 0 Å². The number of carbonyl (C=O) groups excluding carboxylic acids is 1. The number of hydrogen-bond donors (Lipinski definition) is 3. The van der Waals surface area contributed by atoms with Crippen molar-refractivity contribution in [2.24, 2.45) is 0 Å². The molecule has 2 aliphatic rings. The van der Waals surface area contributed by atoms with Gasteiger partial charge in [-0.1, -0.05) is 31.2 Å². The maximum atomic E-state index is 12.2. The molecule has 3 N–H and O–H groups in total. The highest BCUT2D eigenvalue weighted by molar-refractivity contribution is 6.76. The molecule has 1 aliphatic carbocycles. The molecule has 11 nitrogen and oxygen atoms in total. The van der Waals surface area contributed by atoms with Gasteiger partial charge in [0.2, 0.25) is 5.88 Å². The Morgan fingerprint density at radius 2 is 1.81 bits per heavy atom. The second-order valence-electron chi connectivity index (χ2n) is 13.8. The summed E-state index contributed by atoms with van der Waals surface area (Å²) in [5.41, 5.74) is 3.01. The van der Waals surface area contributed by atoms with E-state index >= 15 is 0 Å². The molecule has 0 radical (unpaired) electrons. The van der Waals surface area contributed by atoms with Crippen LogP contribution in [0.4, 0.5) is 10.5 Å². The van der Waals surface area contributed by atoms with E-state index < -0.39 is 14.2 Å². The van der Waals surface area contributed by atoms with Gasteiger partial charge < -0.3 is 39.4 Å². The third-order valence-electron chi connectivity index (χ3n) is 8.45. The van der Waals surface area contributed by atoms with Crippen LogP contribution in [0.2, 0.25) is 30.7 Å². The van der Waals surface area contributed by atoms with E-state index in [0.29, 0.717) is 59.0 Å². The number of benzene rings is 2. The molecule has 48 heavy (non-hydrogen) atoms. The summed E-state index contributed by atoms with van der Waals surface area (Å²) in [6.45, 7) is 10.9. The quantitative estimate of drug-likeness (QED) is 0.0902. The molecule has 1 unspecified atom stereocenters. The van der Waals surface area contributed by atoms with Crippen molar-refractivity contribution in [3.8, 4) is 28.6 Å². The van der Waals surface area contributed by atoms with E-state index in [2.05, 4.69) is 45.1 Å². The molecule has 2 amide bonds. The monoisotopic (exact) mass is 692 g/mol. The number of hydrogen-bond acceptors (Lipinski definition) is 8. The maximum absolute atomic E-state index is 12.2. The van der Waals surface area contributed by atoms with Gasteiger partial charge in [-0.3, -0.25) is 0 Å². The Labute approximate surface area is 287 Å². The predicted octanol–water partition coefficient (Wildman–Crippen LogP) is 6.98. The van der Waals surface area contributed by atoms with Crippen molar-refractivity contribution in [1.82, 2.24) is 24.8 Å². The van der Waals surface area contributed by atoms with E-state index in [-0.39, 0.29) is 18.7 Å². The van der Waals surface area contributed by atoms with Crippen LogP contribution >= 0.6 is 11.6 Å². The Morgan fingerprint density at radius 3 is 2.52 bits per heavy atom. The molecule has 1 aliphatic heterocycles. The number of carbonyl (C=O) groups is 1. The zero-order valence-corrected chi connectivity index (χ0v) is 29.6. The van der Waals surface area contributed by atoms with Crippen LogP contribution < -0.4 is 20.1 Å². The number of β-amino-alcohol motifs (C(OH)–C–C–N with tert-alkyl or cyclic N) is 1. The number of ether oxygens (including phenoxy) is 3. The van der Waals surface area contributed by atoms with Crippen LogP contribution in [0, 0.1) is 0 Å². The SMILES string of the molecule is C[Si](C)(C)CCOCn1c(-c2ccc(OCC(O)CN3CCCC3)cc2)cc2c(Oc3ccc(NC(=O)NC4CC4)c(Cl)c3)ncnc21. The zero-order chi connectivity index (χ0) is 33.7. The van der Waals surface area contributed by atoms with E-state index in [1.54, 1.807) is 18.2 Å². The highest BCUT2D eigenvalue weighted by Crippen LogP contribution is 2.36. The summed E-state index contributed by atoms with van der Waals surface area (Å²) in [4.78, 5) is 23.6. The highest BCUT2D eigenvalue weighted by Gasteiger charge is 2.24. The van der Waals surface area contributed by atoms with Gasteiger partial charge in [0.25, 0.3) is 0 Å². The standard InChI is InChI=1S/C35H45ClN6O5Si/c1-48(2,3)17-16-45-23-42-32(24-6-10-27(11-7-24)46-21-26(43)20-41-14-4-5-15-41)19-29-33(42)37-22-38-34(29)47-28-12-13-31(30(36)18-28)40-35(44)39-25-8-9-25/h6-7,10-13,18-19,22,25-26,43H,4-5,8-9,14-17,20-21,23H2,1-3H3,(H2,39,40,44). The smallest absolute Gasteiger partial charge is 0.319 e. The fraction of sp³-hybridized carbons (Fsp3) is 0.457. The first-order chi connectivity index (χ1) is 23.1. The highest BCUT2D eigenvalue weighted by atomic mass is 35.5. The molecule has 6 rings (SSSR count). The average molecular weight is 693 g/mol. The van der Waals surface area contributed by atoms with E-state index in [0.717, 1.165) is 43.2 Å². The second kappa shape index (κ2) is 15.3. The largest absolute Gasteiger partial charge is 0.491 e. The van der Waals surface area contributed by atoms with Crippen LogP contribution in [-0.4, -0.2) is 83.6 Å². The Bertz CT molecular complexity index is 1700. The number of aromatic nitrogens is 3. The number of likely N-dealkylation sites (tertiary alicyclic amines) is 1. The minimum atomic E-state index is -1.27. The summed E-state index contributed by atoms with van der Waals surface area (Å²) in [6, 6.07) is 15.9. The summed E-state index contributed by atoms with van der Waals surface area (Å²) >= 11 is 6.51. The van der Waals surface area contributed by atoms with Crippen LogP contribution in [0.15, 0.2) is 54.9 Å². The topological polar surface area (TPSA) is 123 Å². The maximum Gasteiger partial charge on any atom is 0.319 e. The molecule has 0 bridgehead atoms. The van der Waals surface area contributed by atoms with Gasteiger partial charge in [0.15, 0.2) is 0 Å². The molecule has 2 aromatic heterocycles. The van der Waals surface area contributed by atoms with Crippen LogP contribution in [-0.2, 0) is 11.5 Å². The number of urea groups is 1. The summed E-state index contributed by atoms with van der Waals surface area (Å²) in [5, 5.41) is 17.2. The Morgan fingerprint density at radius 1 is 1.06 bits per heavy atom. The lowest BCUT2D eigenvalue weighted by Crippen LogP contribution is -2.33. The van der Waals surface area contributed by atoms with Gasteiger partial charge in [-0.05, 0) is 92.8 Å². The van der Waals surface area contributed by atoms with Gasteiger partial charge in [-0.2, -0.15) is 0 Å². The van der Waals surface area contributed by atoms with Crippen molar-refractivity contribution in [3.05, 3.63) is 59.9 Å². The van der Waals surface area contributed by atoms with Crippen LogP contribution in [0.1, 0.15) is 25.7 Å². The van der Waals surface area contributed by atoms with E-state index in [1.807, 2.05) is 34.9 Å². The second-order valence-corrected chi connectivity index (χ2v) is 19.9. The molecule has 1 atom stereocenters. The molecule has 3 heterocycles. The Balaban J connectivity index is 1.20. The van der Waals surface area contributed by atoms with E-state index in [4.69, 9.17) is 25.8 Å². The molecule has 1 saturated carbocycles. The van der Waals surface area contributed by atoms with Gasteiger partial charge in [0.1, 0.15) is 42.9 Å². The van der Waals surface area contributed by atoms with Crippen molar-refractivity contribution in [2.75, 3.05) is 38.2 Å². The normalized spacial score (nSPS) is 15.9. The molecular formula is C35H45ClN6O5Si. The zero-order valence-electron chi connectivity index (χ0n) is 27.9. The van der Waals surface area contributed by atoms with Gasteiger partial charge in [0.05, 0.1) is 21.8 Å². The number of fused-ring (bicyclic) bond motifs is 1. The lowest BCUT2D eigenvalue weighted by atomic mass is 10.1. The van der Waals surface area contributed by atoms with Crippen molar-refractivity contribution in [3.63, 3.8) is 0 Å². The Kier molecular flexibility index (Phi) is 10.9. The van der Waals surface area contributed by atoms with Gasteiger partial charge in [-0.15, -0.1) is 0 Å².